The zero-order valence-corrected chi connectivity index (χ0v) is 10.7. The lowest BCUT2D eigenvalue weighted by atomic mass is 10.4. The van der Waals surface area contributed by atoms with Crippen molar-refractivity contribution in [2.24, 2.45) is 0 Å². The highest BCUT2D eigenvalue weighted by Crippen LogP contribution is 2.26. The Morgan fingerprint density at radius 3 is 2.73 bits per heavy atom. The predicted molar refractivity (Wildman–Crippen MR) is 61.2 cm³/mol. The maximum atomic E-state index is 11.7. The van der Waals surface area contributed by atoms with Crippen LogP contribution in [0.3, 0.4) is 0 Å². The van der Waals surface area contributed by atoms with Gasteiger partial charge in [-0.2, -0.15) is 0 Å². The van der Waals surface area contributed by atoms with Crippen molar-refractivity contribution in [2.45, 2.75) is 18.9 Å². The third-order valence-corrected chi connectivity index (χ3v) is 2.65. The Morgan fingerprint density at radius 2 is 2.20 bits per heavy atom. The van der Waals surface area contributed by atoms with Crippen molar-refractivity contribution >= 4 is 21.8 Å². The van der Waals surface area contributed by atoms with Crippen molar-refractivity contribution in [3.05, 3.63) is 0 Å². The molecule has 1 amide bonds. The Hall–Kier alpha value is -0.130. The van der Waals surface area contributed by atoms with Gasteiger partial charge in [0, 0.05) is 25.0 Å². The summed E-state index contributed by atoms with van der Waals surface area (Å²) in [7, 11) is 1.62. The van der Waals surface area contributed by atoms with E-state index in [0.717, 1.165) is 24.7 Å². The molecule has 88 valence electrons. The second kappa shape index (κ2) is 7.19. The third-order valence-electron chi connectivity index (χ3n) is 2.29. The summed E-state index contributed by atoms with van der Waals surface area (Å²) in [5.41, 5.74) is 0. The Bertz CT molecular complexity index is 197. The van der Waals surface area contributed by atoms with E-state index in [1.165, 1.54) is 0 Å². The average Bonchev–Trinajstić information content (AvgIpc) is 3.04. The van der Waals surface area contributed by atoms with Gasteiger partial charge >= 0.3 is 0 Å². The number of amides is 1. The Labute approximate surface area is 99.0 Å². The normalized spacial score (nSPS) is 15.3. The number of rotatable bonds is 8. The molecule has 1 fully saturated rings. The lowest BCUT2D eigenvalue weighted by Gasteiger charge is -2.21. The molecule has 0 spiro atoms. The standard InChI is InChI=1S/C10H18BrNO3/c1-14-6-7-15-8-10(13)12(5-4-11)9-2-3-9/h9H,2-8H2,1H3. The van der Waals surface area contributed by atoms with E-state index in [0.29, 0.717) is 19.3 Å². The van der Waals surface area contributed by atoms with Crippen LogP contribution in [0.15, 0.2) is 0 Å². The van der Waals surface area contributed by atoms with E-state index < -0.39 is 0 Å². The molecule has 5 heteroatoms. The van der Waals surface area contributed by atoms with Gasteiger partial charge in [-0.15, -0.1) is 0 Å². The molecule has 0 atom stereocenters. The van der Waals surface area contributed by atoms with Crippen LogP contribution in [-0.4, -0.2) is 55.7 Å². The van der Waals surface area contributed by atoms with Gasteiger partial charge in [-0.1, -0.05) is 15.9 Å². The second-order valence-corrected chi connectivity index (χ2v) is 4.35. The quantitative estimate of drug-likeness (QED) is 0.492. The zero-order chi connectivity index (χ0) is 11.1. The molecule has 0 aromatic heterocycles. The topological polar surface area (TPSA) is 38.8 Å². The molecule has 0 saturated heterocycles. The van der Waals surface area contributed by atoms with Gasteiger partial charge in [0.25, 0.3) is 0 Å². The molecule has 0 aliphatic heterocycles. The van der Waals surface area contributed by atoms with Crippen LogP contribution >= 0.6 is 15.9 Å². The first-order valence-electron chi connectivity index (χ1n) is 5.21. The second-order valence-electron chi connectivity index (χ2n) is 3.55. The van der Waals surface area contributed by atoms with Crippen molar-refractivity contribution in [2.75, 3.05) is 38.8 Å². The molecule has 0 heterocycles. The molecule has 15 heavy (non-hydrogen) atoms. The van der Waals surface area contributed by atoms with Gasteiger partial charge in [-0.3, -0.25) is 4.79 Å². The molecule has 4 nitrogen and oxygen atoms in total. The minimum absolute atomic E-state index is 0.0908. The predicted octanol–water partition coefficient (Wildman–Crippen LogP) is 1.04. The summed E-state index contributed by atoms with van der Waals surface area (Å²) in [5, 5.41) is 0.827. The summed E-state index contributed by atoms with van der Waals surface area (Å²) < 4.78 is 10.0. The summed E-state index contributed by atoms with van der Waals surface area (Å²) in [6.45, 7) is 1.97. The van der Waals surface area contributed by atoms with Crippen LogP contribution in [0.25, 0.3) is 0 Å². The summed E-state index contributed by atoms with van der Waals surface area (Å²) in [6.07, 6.45) is 2.27. The number of carbonyl (C=O) groups excluding carboxylic acids is 1. The molecule has 0 radical (unpaired) electrons. The van der Waals surface area contributed by atoms with Crippen molar-refractivity contribution in [3.8, 4) is 0 Å². The van der Waals surface area contributed by atoms with Crippen LogP contribution in [0.2, 0.25) is 0 Å². The molecule has 0 aromatic carbocycles. The van der Waals surface area contributed by atoms with Gasteiger partial charge in [0.2, 0.25) is 5.91 Å². The Balaban J connectivity index is 2.17. The molecule has 1 aliphatic carbocycles. The first-order chi connectivity index (χ1) is 7.29. The van der Waals surface area contributed by atoms with E-state index >= 15 is 0 Å². The van der Waals surface area contributed by atoms with Gasteiger partial charge in [0.15, 0.2) is 0 Å². The molecule has 0 unspecified atom stereocenters. The first-order valence-corrected chi connectivity index (χ1v) is 6.34. The minimum Gasteiger partial charge on any atom is -0.382 e. The number of alkyl halides is 1. The van der Waals surface area contributed by atoms with Crippen LogP contribution < -0.4 is 0 Å². The molecule has 0 bridgehead atoms. The van der Waals surface area contributed by atoms with E-state index in [9.17, 15) is 4.79 Å². The average molecular weight is 280 g/mol. The first kappa shape index (κ1) is 12.9. The van der Waals surface area contributed by atoms with Gasteiger partial charge in [0.05, 0.1) is 13.2 Å². The summed E-state index contributed by atoms with van der Waals surface area (Å²) in [5.74, 6) is 0.0908. The lowest BCUT2D eigenvalue weighted by Crippen LogP contribution is -2.37. The highest BCUT2D eigenvalue weighted by atomic mass is 79.9. The number of methoxy groups -OCH3 is 1. The van der Waals surface area contributed by atoms with E-state index in [1.54, 1.807) is 7.11 Å². The molecule has 0 N–H and O–H groups in total. The van der Waals surface area contributed by atoms with Gasteiger partial charge < -0.3 is 14.4 Å². The van der Waals surface area contributed by atoms with Crippen LogP contribution in [0.1, 0.15) is 12.8 Å². The van der Waals surface area contributed by atoms with E-state index in [-0.39, 0.29) is 12.5 Å². The molecule has 1 rings (SSSR count). The summed E-state index contributed by atoms with van der Waals surface area (Å²) in [4.78, 5) is 13.6. The van der Waals surface area contributed by atoms with Crippen molar-refractivity contribution in [1.29, 1.82) is 0 Å². The Morgan fingerprint density at radius 1 is 1.47 bits per heavy atom. The largest absolute Gasteiger partial charge is 0.382 e. The number of nitrogens with zero attached hydrogens (tertiary/aromatic N) is 1. The number of hydrogen-bond donors (Lipinski definition) is 0. The van der Waals surface area contributed by atoms with Gasteiger partial charge in [-0.25, -0.2) is 0 Å². The van der Waals surface area contributed by atoms with E-state index in [4.69, 9.17) is 9.47 Å². The summed E-state index contributed by atoms with van der Waals surface area (Å²) >= 11 is 3.35. The Kier molecular flexibility index (Phi) is 6.20. The smallest absolute Gasteiger partial charge is 0.248 e. The number of halogens is 1. The number of ether oxygens (including phenoxy) is 2. The fraction of sp³-hybridized carbons (Fsp3) is 0.900. The highest BCUT2D eigenvalue weighted by molar-refractivity contribution is 9.09. The molecule has 1 saturated carbocycles. The molecule has 0 aromatic rings. The van der Waals surface area contributed by atoms with Gasteiger partial charge in [-0.05, 0) is 12.8 Å². The fourth-order valence-electron chi connectivity index (χ4n) is 1.37. The van der Waals surface area contributed by atoms with E-state index in [1.807, 2.05) is 4.90 Å². The summed E-state index contributed by atoms with van der Waals surface area (Å²) in [6, 6.07) is 0.459. The van der Waals surface area contributed by atoms with Crippen molar-refractivity contribution in [3.63, 3.8) is 0 Å². The maximum Gasteiger partial charge on any atom is 0.248 e. The minimum atomic E-state index is 0.0908. The number of hydrogen-bond acceptors (Lipinski definition) is 3. The van der Waals surface area contributed by atoms with Crippen LogP contribution in [0.5, 0.6) is 0 Å². The van der Waals surface area contributed by atoms with Crippen LogP contribution in [0, 0.1) is 0 Å². The molecular formula is C10H18BrNO3. The lowest BCUT2D eigenvalue weighted by molar-refractivity contribution is -0.136. The van der Waals surface area contributed by atoms with Crippen LogP contribution in [-0.2, 0) is 14.3 Å². The van der Waals surface area contributed by atoms with E-state index in [2.05, 4.69) is 15.9 Å². The van der Waals surface area contributed by atoms with Crippen molar-refractivity contribution in [1.82, 2.24) is 4.90 Å². The fourth-order valence-corrected chi connectivity index (χ4v) is 1.75. The van der Waals surface area contributed by atoms with Gasteiger partial charge in [0.1, 0.15) is 6.61 Å². The highest BCUT2D eigenvalue weighted by Gasteiger charge is 2.31. The molecular weight excluding hydrogens is 262 g/mol. The maximum absolute atomic E-state index is 11.7. The SMILES string of the molecule is COCCOCC(=O)N(CCBr)C1CC1. The third kappa shape index (κ3) is 4.95. The zero-order valence-electron chi connectivity index (χ0n) is 9.08. The van der Waals surface area contributed by atoms with Crippen molar-refractivity contribution < 1.29 is 14.3 Å². The van der Waals surface area contributed by atoms with Crippen LogP contribution in [0.4, 0.5) is 0 Å². The number of carbonyl (C=O) groups is 1. The monoisotopic (exact) mass is 279 g/mol. The molecule has 1 aliphatic rings.